The Bertz CT molecular complexity index is 829. The number of nitrogens with one attached hydrogen (secondary N) is 1. The molecular formula is C17H19N5O2S. The lowest BCUT2D eigenvalue weighted by molar-refractivity contribution is -0.121. The third kappa shape index (κ3) is 4.42. The van der Waals surface area contributed by atoms with E-state index in [1.165, 1.54) is 0 Å². The normalized spacial score (nSPS) is 10.6. The Balaban J connectivity index is 1.50. The van der Waals surface area contributed by atoms with Gasteiger partial charge < -0.3 is 14.7 Å². The van der Waals surface area contributed by atoms with Gasteiger partial charge in [0.2, 0.25) is 17.6 Å². The van der Waals surface area contributed by atoms with Crippen LogP contribution in [0.15, 0.2) is 39.7 Å². The fourth-order valence-corrected chi connectivity index (χ4v) is 2.97. The molecule has 7 nitrogen and oxygen atoms in total. The van der Waals surface area contributed by atoms with E-state index < -0.39 is 0 Å². The lowest BCUT2D eigenvalue weighted by Gasteiger charge is -2.16. The number of carbonyl (C=O) groups excluding carboxylic acids is 1. The Labute approximate surface area is 149 Å². The molecule has 0 aliphatic heterocycles. The number of rotatable bonds is 7. The molecule has 3 aromatic rings. The van der Waals surface area contributed by atoms with Crippen LogP contribution < -0.4 is 10.2 Å². The van der Waals surface area contributed by atoms with Crippen LogP contribution in [0.5, 0.6) is 0 Å². The zero-order chi connectivity index (χ0) is 17.6. The van der Waals surface area contributed by atoms with Gasteiger partial charge in [-0.1, -0.05) is 11.2 Å². The summed E-state index contributed by atoms with van der Waals surface area (Å²) in [4.78, 5) is 22.6. The van der Waals surface area contributed by atoms with Gasteiger partial charge in [0, 0.05) is 56.2 Å². The molecule has 0 fully saturated rings. The molecule has 0 bridgehead atoms. The van der Waals surface area contributed by atoms with E-state index in [1.807, 2.05) is 48.0 Å². The number of thiophene rings is 1. The number of anilines is 1. The summed E-state index contributed by atoms with van der Waals surface area (Å²) in [6.45, 7) is 0.435. The fraction of sp³-hybridized carbons (Fsp3) is 0.294. The first-order valence-electron chi connectivity index (χ1n) is 7.86. The highest BCUT2D eigenvalue weighted by atomic mass is 32.1. The molecule has 0 aromatic carbocycles. The second-order valence-electron chi connectivity index (χ2n) is 5.68. The van der Waals surface area contributed by atoms with Gasteiger partial charge in [-0.2, -0.15) is 16.3 Å². The van der Waals surface area contributed by atoms with E-state index in [2.05, 4.69) is 20.4 Å². The van der Waals surface area contributed by atoms with Crippen LogP contribution in [0.3, 0.4) is 0 Å². The maximum atomic E-state index is 12.1. The largest absolute Gasteiger partial charge is 0.362 e. The van der Waals surface area contributed by atoms with Gasteiger partial charge in [0.25, 0.3) is 0 Å². The summed E-state index contributed by atoms with van der Waals surface area (Å²) in [6, 6.07) is 5.74. The van der Waals surface area contributed by atoms with Crippen molar-refractivity contribution in [1.82, 2.24) is 20.4 Å². The van der Waals surface area contributed by atoms with Crippen LogP contribution in [0.1, 0.15) is 17.9 Å². The van der Waals surface area contributed by atoms with E-state index >= 15 is 0 Å². The first-order valence-corrected chi connectivity index (χ1v) is 8.81. The van der Waals surface area contributed by atoms with E-state index in [1.54, 1.807) is 17.5 Å². The van der Waals surface area contributed by atoms with Crippen molar-refractivity contribution in [2.45, 2.75) is 19.4 Å². The summed E-state index contributed by atoms with van der Waals surface area (Å²) in [5, 5.41) is 10.8. The van der Waals surface area contributed by atoms with E-state index in [0.717, 1.165) is 16.9 Å². The minimum atomic E-state index is -0.0659. The van der Waals surface area contributed by atoms with Crippen molar-refractivity contribution in [2.24, 2.45) is 0 Å². The highest BCUT2D eigenvalue weighted by molar-refractivity contribution is 7.08. The smallest absolute Gasteiger partial charge is 0.227 e. The minimum Gasteiger partial charge on any atom is -0.362 e. The van der Waals surface area contributed by atoms with Gasteiger partial charge >= 0.3 is 0 Å². The lowest BCUT2D eigenvalue weighted by Crippen LogP contribution is -2.24. The Morgan fingerprint density at radius 3 is 3.00 bits per heavy atom. The third-order valence-corrected chi connectivity index (χ3v) is 4.26. The Hall–Kier alpha value is -2.74. The number of pyridine rings is 1. The summed E-state index contributed by atoms with van der Waals surface area (Å²) >= 11 is 1.58. The molecular weight excluding hydrogens is 338 g/mol. The molecule has 0 unspecified atom stereocenters. The quantitative estimate of drug-likeness (QED) is 0.699. The molecule has 0 radical (unpaired) electrons. The van der Waals surface area contributed by atoms with Crippen LogP contribution >= 0.6 is 11.3 Å². The van der Waals surface area contributed by atoms with Crippen LogP contribution in [-0.2, 0) is 17.8 Å². The number of carbonyl (C=O) groups is 1. The topological polar surface area (TPSA) is 84.2 Å². The lowest BCUT2D eigenvalue weighted by atomic mass is 10.2. The van der Waals surface area contributed by atoms with Gasteiger partial charge in [0.1, 0.15) is 5.82 Å². The average Bonchev–Trinajstić information content (AvgIpc) is 3.29. The molecule has 3 rings (SSSR count). The van der Waals surface area contributed by atoms with Crippen molar-refractivity contribution in [3.05, 3.63) is 46.6 Å². The second kappa shape index (κ2) is 7.89. The molecule has 0 spiro atoms. The van der Waals surface area contributed by atoms with E-state index in [0.29, 0.717) is 31.1 Å². The minimum absolute atomic E-state index is 0.0659. The predicted octanol–water partition coefficient (Wildman–Crippen LogP) is 2.51. The van der Waals surface area contributed by atoms with Gasteiger partial charge in [-0.3, -0.25) is 4.79 Å². The molecule has 3 aromatic heterocycles. The first-order chi connectivity index (χ1) is 12.1. The molecule has 25 heavy (non-hydrogen) atoms. The second-order valence-corrected chi connectivity index (χ2v) is 6.46. The number of hydrogen-bond donors (Lipinski definition) is 1. The number of aryl methyl sites for hydroxylation is 1. The van der Waals surface area contributed by atoms with Crippen molar-refractivity contribution < 1.29 is 9.32 Å². The maximum Gasteiger partial charge on any atom is 0.227 e. The van der Waals surface area contributed by atoms with Gasteiger partial charge in [-0.25, -0.2) is 4.98 Å². The molecule has 130 valence electrons. The number of aromatic nitrogens is 3. The van der Waals surface area contributed by atoms with Crippen LogP contribution in [0, 0.1) is 0 Å². The van der Waals surface area contributed by atoms with Gasteiger partial charge in [-0.15, -0.1) is 0 Å². The van der Waals surface area contributed by atoms with Crippen molar-refractivity contribution >= 4 is 23.1 Å². The molecule has 0 saturated heterocycles. The number of hydrogen-bond acceptors (Lipinski definition) is 7. The molecule has 0 aliphatic carbocycles. The van der Waals surface area contributed by atoms with E-state index in [9.17, 15) is 4.79 Å². The Morgan fingerprint density at radius 2 is 2.24 bits per heavy atom. The fourth-order valence-electron chi connectivity index (χ4n) is 2.34. The highest BCUT2D eigenvalue weighted by Gasteiger charge is 2.12. The van der Waals surface area contributed by atoms with Gasteiger partial charge in [0.05, 0.1) is 0 Å². The average molecular weight is 357 g/mol. The van der Waals surface area contributed by atoms with Crippen LogP contribution in [0.25, 0.3) is 11.4 Å². The first kappa shape index (κ1) is 17.1. The monoisotopic (exact) mass is 357 g/mol. The Kier molecular flexibility index (Phi) is 5.39. The summed E-state index contributed by atoms with van der Waals surface area (Å²) in [6.07, 6.45) is 2.45. The van der Waals surface area contributed by atoms with Crippen molar-refractivity contribution in [3.63, 3.8) is 0 Å². The molecule has 1 N–H and O–H groups in total. The molecule has 0 atom stereocenters. The molecule has 8 heteroatoms. The van der Waals surface area contributed by atoms with Crippen LogP contribution in [0.4, 0.5) is 5.82 Å². The zero-order valence-corrected chi connectivity index (χ0v) is 14.9. The van der Waals surface area contributed by atoms with Crippen LogP contribution in [0.2, 0.25) is 0 Å². The molecule has 0 saturated carbocycles. The SMILES string of the molecule is CN(C)c1ncccc1CNC(=O)CCc1nc(-c2ccsc2)no1. The molecule has 0 aliphatic rings. The van der Waals surface area contributed by atoms with Gasteiger partial charge in [-0.05, 0) is 17.5 Å². The van der Waals surface area contributed by atoms with E-state index in [-0.39, 0.29) is 5.91 Å². The third-order valence-electron chi connectivity index (χ3n) is 3.58. The summed E-state index contributed by atoms with van der Waals surface area (Å²) in [5.74, 6) is 1.80. The summed E-state index contributed by atoms with van der Waals surface area (Å²) in [7, 11) is 3.85. The Morgan fingerprint density at radius 1 is 1.36 bits per heavy atom. The number of amides is 1. The summed E-state index contributed by atoms with van der Waals surface area (Å²) < 4.78 is 5.20. The predicted molar refractivity (Wildman–Crippen MR) is 96.3 cm³/mol. The van der Waals surface area contributed by atoms with Crippen LogP contribution in [-0.4, -0.2) is 35.1 Å². The van der Waals surface area contributed by atoms with Crippen molar-refractivity contribution in [2.75, 3.05) is 19.0 Å². The summed E-state index contributed by atoms with van der Waals surface area (Å²) in [5.41, 5.74) is 1.90. The highest BCUT2D eigenvalue weighted by Crippen LogP contribution is 2.19. The zero-order valence-electron chi connectivity index (χ0n) is 14.1. The standard InChI is InChI=1S/C17H19N5O2S/c1-22(2)17-12(4-3-8-18-17)10-19-14(23)5-6-15-20-16(21-24-15)13-7-9-25-11-13/h3-4,7-9,11H,5-6,10H2,1-2H3,(H,19,23). The van der Waals surface area contributed by atoms with Crippen molar-refractivity contribution in [3.8, 4) is 11.4 Å². The molecule has 3 heterocycles. The van der Waals surface area contributed by atoms with Gasteiger partial charge in [0.15, 0.2) is 0 Å². The van der Waals surface area contributed by atoms with E-state index in [4.69, 9.17) is 4.52 Å². The number of nitrogens with zero attached hydrogens (tertiary/aromatic N) is 4. The maximum absolute atomic E-state index is 12.1. The molecule has 1 amide bonds. The van der Waals surface area contributed by atoms with Crippen molar-refractivity contribution in [1.29, 1.82) is 0 Å².